The van der Waals surface area contributed by atoms with Crippen molar-refractivity contribution < 1.29 is 22.6 Å². The standard InChI is InChI=1S/C19H25NO5S/c1-15-13-18(9-10-19(15)25-12-11-23-3)26(21,22)20(2)14-16-5-7-17(24-4)8-6-16/h5-10,13H,11-12,14H2,1-4H3. The van der Waals surface area contributed by atoms with E-state index in [0.29, 0.717) is 19.0 Å². The molecule has 7 heteroatoms. The minimum Gasteiger partial charge on any atom is -0.497 e. The quantitative estimate of drug-likeness (QED) is 0.627. The first-order chi connectivity index (χ1) is 12.4. The molecule has 0 saturated carbocycles. The smallest absolute Gasteiger partial charge is 0.243 e. The van der Waals surface area contributed by atoms with Crippen LogP contribution in [0.15, 0.2) is 47.4 Å². The summed E-state index contributed by atoms with van der Waals surface area (Å²) in [5.74, 6) is 1.39. The number of ether oxygens (including phenoxy) is 3. The van der Waals surface area contributed by atoms with E-state index in [1.807, 2.05) is 31.2 Å². The van der Waals surface area contributed by atoms with Crippen LogP contribution in [0.5, 0.6) is 11.5 Å². The normalized spacial score (nSPS) is 11.6. The lowest BCUT2D eigenvalue weighted by atomic mass is 10.2. The molecule has 0 unspecified atom stereocenters. The highest BCUT2D eigenvalue weighted by molar-refractivity contribution is 7.89. The Morgan fingerprint density at radius 3 is 2.27 bits per heavy atom. The molecule has 0 aromatic heterocycles. The first kappa shape index (κ1) is 20.2. The molecule has 2 aromatic rings. The molecule has 2 rings (SSSR count). The van der Waals surface area contributed by atoms with E-state index in [-0.39, 0.29) is 11.4 Å². The fourth-order valence-electron chi connectivity index (χ4n) is 2.43. The number of hydrogen-bond acceptors (Lipinski definition) is 5. The summed E-state index contributed by atoms with van der Waals surface area (Å²) >= 11 is 0. The van der Waals surface area contributed by atoms with Gasteiger partial charge in [0, 0.05) is 20.7 Å². The van der Waals surface area contributed by atoms with Gasteiger partial charge in [0.25, 0.3) is 0 Å². The highest BCUT2D eigenvalue weighted by Crippen LogP contribution is 2.24. The van der Waals surface area contributed by atoms with Gasteiger partial charge in [-0.2, -0.15) is 4.31 Å². The summed E-state index contributed by atoms with van der Waals surface area (Å²) in [5.41, 5.74) is 1.65. The van der Waals surface area contributed by atoms with Crippen LogP contribution in [0, 0.1) is 6.92 Å². The second-order valence-corrected chi connectivity index (χ2v) is 7.92. The molecule has 0 fully saturated rings. The molecule has 0 saturated heterocycles. The molecular weight excluding hydrogens is 354 g/mol. The Morgan fingerprint density at radius 1 is 1.00 bits per heavy atom. The van der Waals surface area contributed by atoms with Crippen LogP contribution in [-0.4, -0.2) is 47.2 Å². The lowest BCUT2D eigenvalue weighted by molar-refractivity contribution is 0.146. The van der Waals surface area contributed by atoms with Gasteiger partial charge in [-0.25, -0.2) is 8.42 Å². The Labute approximate surface area is 155 Å². The van der Waals surface area contributed by atoms with Gasteiger partial charge >= 0.3 is 0 Å². The SMILES string of the molecule is COCCOc1ccc(S(=O)(=O)N(C)Cc2ccc(OC)cc2)cc1C. The molecule has 0 radical (unpaired) electrons. The maximum Gasteiger partial charge on any atom is 0.243 e. The molecule has 0 aliphatic heterocycles. The fraction of sp³-hybridized carbons (Fsp3) is 0.368. The van der Waals surface area contributed by atoms with Crippen molar-refractivity contribution in [2.75, 3.05) is 34.5 Å². The van der Waals surface area contributed by atoms with Crippen molar-refractivity contribution in [2.45, 2.75) is 18.4 Å². The van der Waals surface area contributed by atoms with Gasteiger partial charge in [0.15, 0.2) is 0 Å². The van der Waals surface area contributed by atoms with Crippen molar-refractivity contribution in [1.82, 2.24) is 4.31 Å². The van der Waals surface area contributed by atoms with Gasteiger partial charge in [-0.05, 0) is 48.4 Å². The second-order valence-electron chi connectivity index (χ2n) is 5.88. The Hall–Kier alpha value is -2.09. The summed E-state index contributed by atoms with van der Waals surface area (Å²) in [4.78, 5) is 0.241. The van der Waals surface area contributed by atoms with E-state index < -0.39 is 10.0 Å². The highest BCUT2D eigenvalue weighted by Gasteiger charge is 2.21. The van der Waals surface area contributed by atoms with Gasteiger partial charge in [-0.15, -0.1) is 0 Å². The van der Waals surface area contributed by atoms with Crippen LogP contribution in [-0.2, 0) is 21.3 Å². The van der Waals surface area contributed by atoms with Crippen molar-refractivity contribution >= 4 is 10.0 Å². The zero-order valence-corrected chi connectivity index (χ0v) is 16.4. The summed E-state index contributed by atoms with van der Waals surface area (Å²) in [5, 5.41) is 0. The average Bonchev–Trinajstić information content (AvgIpc) is 2.63. The van der Waals surface area contributed by atoms with Gasteiger partial charge < -0.3 is 14.2 Å². The van der Waals surface area contributed by atoms with Gasteiger partial charge in [0.05, 0.1) is 18.6 Å². The number of hydrogen-bond donors (Lipinski definition) is 0. The van der Waals surface area contributed by atoms with Crippen molar-refractivity contribution in [1.29, 1.82) is 0 Å². The molecular formula is C19H25NO5S. The maximum atomic E-state index is 12.8. The second kappa shape index (κ2) is 9.02. The summed E-state index contributed by atoms with van der Waals surface area (Å²) in [6.07, 6.45) is 0. The summed E-state index contributed by atoms with van der Waals surface area (Å²) < 4.78 is 42.6. The molecule has 0 aliphatic carbocycles. The number of rotatable bonds is 9. The predicted molar refractivity (Wildman–Crippen MR) is 100 cm³/mol. The van der Waals surface area contributed by atoms with Gasteiger partial charge in [0.1, 0.15) is 18.1 Å². The Kier molecular flexibility index (Phi) is 7.02. The molecule has 2 aromatic carbocycles. The third-order valence-electron chi connectivity index (χ3n) is 3.96. The minimum atomic E-state index is -3.60. The van der Waals surface area contributed by atoms with Crippen LogP contribution in [0.4, 0.5) is 0 Å². The molecule has 0 atom stereocenters. The van der Waals surface area contributed by atoms with Crippen molar-refractivity contribution in [3.05, 3.63) is 53.6 Å². The van der Waals surface area contributed by atoms with E-state index in [9.17, 15) is 8.42 Å². The van der Waals surface area contributed by atoms with Gasteiger partial charge in [-0.3, -0.25) is 0 Å². The van der Waals surface area contributed by atoms with E-state index in [2.05, 4.69) is 0 Å². The molecule has 0 amide bonds. The Balaban J connectivity index is 2.13. The number of sulfonamides is 1. The third kappa shape index (κ3) is 4.97. The van der Waals surface area contributed by atoms with Crippen LogP contribution in [0.2, 0.25) is 0 Å². The van der Waals surface area contributed by atoms with E-state index in [1.54, 1.807) is 39.5 Å². The monoisotopic (exact) mass is 379 g/mol. The molecule has 0 bridgehead atoms. The first-order valence-electron chi connectivity index (χ1n) is 8.20. The predicted octanol–water partition coefficient (Wildman–Crippen LogP) is 2.85. The van der Waals surface area contributed by atoms with Crippen molar-refractivity contribution in [2.24, 2.45) is 0 Å². The average molecular weight is 379 g/mol. The van der Waals surface area contributed by atoms with E-state index in [0.717, 1.165) is 16.9 Å². The van der Waals surface area contributed by atoms with E-state index in [1.165, 1.54) is 4.31 Å². The molecule has 0 aliphatic rings. The number of benzene rings is 2. The molecule has 0 spiro atoms. The van der Waals surface area contributed by atoms with Crippen LogP contribution in [0.3, 0.4) is 0 Å². The Bertz CT molecular complexity index is 818. The molecule has 142 valence electrons. The summed E-state index contributed by atoms with van der Waals surface area (Å²) in [7, 11) is 1.17. The van der Waals surface area contributed by atoms with Crippen molar-refractivity contribution in [3.8, 4) is 11.5 Å². The topological polar surface area (TPSA) is 65.1 Å². The van der Waals surface area contributed by atoms with Gasteiger partial charge in [-0.1, -0.05) is 12.1 Å². The van der Waals surface area contributed by atoms with Crippen LogP contribution < -0.4 is 9.47 Å². The van der Waals surface area contributed by atoms with Crippen molar-refractivity contribution in [3.63, 3.8) is 0 Å². The number of methoxy groups -OCH3 is 2. The van der Waals surface area contributed by atoms with Crippen LogP contribution in [0.1, 0.15) is 11.1 Å². The largest absolute Gasteiger partial charge is 0.497 e. The molecule has 6 nitrogen and oxygen atoms in total. The van der Waals surface area contributed by atoms with E-state index in [4.69, 9.17) is 14.2 Å². The summed E-state index contributed by atoms with van der Waals surface area (Å²) in [6, 6.07) is 12.2. The third-order valence-corrected chi connectivity index (χ3v) is 5.76. The summed E-state index contributed by atoms with van der Waals surface area (Å²) in [6.45, 7) is 2.99. The lowest BCUT2D eigenvalue weighted by Crippen LogP contribution is -2.26. The van der Waals surface area contributed by atoms with Crippen LogP contribution in [0.25, 0.3) is 0 Å². The molecule has 0 N–H and O–H groups in total. The zero-order valence-electron chi connectivity index (χ0n) is 15.6. The number of nitrogens with zero attached hydrogens (tertiary/aromatic N) is 1. The fourth-order valence-corrected chi connectivity index (χ4v) is 3.68. The van der Waals surface area contributed by atoms with E-state index >= 15 is 0 Å². The van der Waals surface area contributed by atoms with Gasteiger partial charge in [0.2, 0.25) is 10.0 Å². The lowest BCUT2D eigenvalue weighted by Gasteiger charge is -2.18. The zero-order chi connectivity index (χ0) is 19.2. The maximum absolute atomic E-state index is 12.8. The number of aryl methyl sites for hydroxylation is 1. The highest BCUT2D eigenvalue weighted by atomic mass is 32.2. The Morgan fingerprint density at radius 2 is 1.69 bits per heavy atom. The molecule has 0 heterocycles. The first-order valence-corrected chi connectivity index (χ1v) is 9.64. The minimum absolute atomic E-state index is 0.241. The molecule has 26 heavy (non-hydrogen) atoms. The van der Waals surface area contributed by atoms with Crippen LogP contribution >= 0.6 is 0 Å².